The molecule has 0 atom stereocenters. The number of carbonyl (C=O) groups excluding carboxylic acids is 1. The molecule has 5 nitrogen and oxygen atoms in total. The van der Waals surface area contributed by atoms with Gasteiger partial charge in [0.1, 0.15) is 5.75 Å². The van der Waals surface area contributed by atoms with Crippen LogP contribution in [0.15, 0.2) is 24.3 Å². The van der Waals surface area contributed by atoms with Crippen molar-refractivity contribution in [2.75, 3.05) is 13.2 Å². The molecule has 0 aromatic heterocycles. The van der Waals surface area contributed by atoms with E-state index in [0.29, 0.717) is 12.2 Å². The number of hydrogen-bond acceptors (Lipinski definition) is 3. The first-order valence-electron chi connectivity index (χ1n) is 7.11. The molecular formula is C16H23NO4. The van der Waals surface area contributed by atoms with Gasteiger partial charge in [0.25, 0.3) is 5.91 Å². The maximum Gasteiger partial charge on any atom is 0.310 e. The number of carbonyl (C=O) groups is 2. The van der Waals surface area contributed by atoms with Crippen LogP contribution in [0.25, 0.3) is 0 Å². The first-order valence-corrected chi connectivity index (χ1v) is 7.11. The van der Waals surface area contributed by atoms with Gasteiger partial charge in [0.15, 0.2) is 0 Å². The molecule has 0 radical (unpaired) electrons. The van der Waals surface area contributed by atoms with E-state index in [1.54, 1.807) is 38.1 Å². The van der Waals surface area contributed by atoms with E-state index in [9.17, 15) is 9.59 Å². The molecule has 0 spiro atoms. The highest BCUT2D eigenvalue weighted by atomic mass is 16.5. The highest BCUT2D eigenvalue weighted by Gasteiger charge is 2.27. The summed E-state index contributed by atoms with van der Waals surface area (Å²) in [6, 6.07) is 6.83. The van der Waals surface area contributed by atoms with E-state index in [1.807, 2.05) is 0 Å². The molecule has 0 heterocycles. The normalized spacial score (nSPS) is 11.0. The molecule has 0 fully saturated rings. The fraction of sp³-hybridized carbons (Fsp3) is 0.500. The zero-order chi connectivity index (χ0) is 15.9. The van der Waals surface area contributed by atoms with Crippen molar-refractivity contribution in [3.05, 3.63) is 29.8 Å². The van der Waals surface area contributed by atoms with Gasteiger partial charge in [0.05, 0.1) is 12.0 Å². The molecular weight excluding hydrogens is 270 g/mol. The van der Waals surface area contributed by atoms with E-state index in [2.05, 4.69) is 12.2 Å². The van der Waals surface area contributed by atoms with Crippen LogP contribution in [-0.2, 0) is 4.79 Å². The highest BCUT2D eigenvalue weighted by molar-refractivity contribution is 5.94. The number of aliphatic carboxylic acids is 1. The van der Waals surface area contributed by atoms with Gasteiger partial charge in [0.2, 0.25) is 0 Å². The van der Waals surface area contributed by atoms with Crippen LogP contribution in [-0.4, -0.2) is 30.1 Å². The lowest BCUT2D eigenvalue weighted by atomic mass is 9.94. The number of carboxylic acids is 1. The Hall–Kier alpha value is -2.04. The Morgan fingerprint density at radius 3 is 2.38 bits per heavy atom. The van der Waals surface area contributed by atoms with Crippen LogP contribution >= 0.6 is 0 Å². The average Bonchev–Trinajstić information content (AvgIpc) is 2.45. The lowest BCUT2D eigenvalue weighted by Gasteiger charge is -2.19. The minimum atomic E-state index is -0.987. The molecule has 0 aliphatic rings. The Morgan fingerprint density at radius 2 is 1.86 bits per heavy atom. The molecule has 0 saturated carbocycles. The van der Waals surface area contributed by atoms with Gasteiger partial charge in [-0.15, -0.1) is 0 Å². The summed E-state index contributed by atoms with van der Waals surface area (Å²) in [7, 11) is 0. The summed E-state index contributed by atoms with van der Waals surface area (Å²) in [5.74, 6) is -0.502. The number of hydrogen-bond donors (Lipinski definition) is 2. The Morgan fingerprint density at radius 1 is 1.24 bits per heavy atom. The third kappa shape index (κ3) is 5.45. The Balaban J connectivity index is 2.53. The number of carboxylic acid groups (broad SMARTS) is 1. The van der Waals surface area contributed by atoms with E-state index in [-0.39, 0.29) is 12.5 Å². The van der Waals surface area contributed by atoms with E-state index >= 15 is 0 Å². The van der Waals surface area contributed by atoms with Gasteiger partial charge in [-0.3, -0.25) is 9.59 Å². The van der Waals surface area contributed by atoms with Crippen molar-refractivity contribution in [2.45, 2.75) is 33.6 Å². The van der Waals surface area contributed by atoms with Crippen LogP contribution < -0.4 is 10.1 Å². The number of rotatable bonds is 8. The van der Waals surface area contributed by atoms with Crippen LogP contribution in [0, 0.1) is 5.41 Å². The van der Waals surface area contributed by atoms with E-state index in [0.717, 1.165) is 18.6 Å². The van der Waals surface area contributed by atoms with Crippen molar-refractivity contribution in [1.82, 2.24) is 5.32 Å². The number of ether oxygens (including phenoxy) is 1. The Kier molecular flexibility index (Phi) is 6.21. The predicted molar refractivity (Wildman–Crippen MR) is 80.6 cm³/mol. The minimum absolute atomic E-state index is 0.0793. The van der Waals surface area contributed by atoms with Crippen molar-refractivity contribution in [3.63, 3.8) is 0 Å². The Bertz CT molecular complexity index is 480. The number of unbranched alkanes of at least 4 members (excludes halogenated alkanes) is 1. The predicted octanol–water partition coefficient (Wildman–Crippen LogP) is 2.71. The molecule has 21 heavy (non-hydrogen) atoms. The number of benzene rings is 1. The van der Waals surface area contributed by atoms with Crippen molar-refractivity contribution < 1.29 is 19.4 Å². The summed E-state index contributed by atoms with van der Waals surface area (Å²) in [6.45, 7) is 5.97. The molecule has 1 aromatic carbocycles. The van der Waals surface area contributed by atoms with Gasteiger partial charge in [-0.2, -0.15) is 0 Å². The lowest BCUT2D eigenvalue weighted by Crippen LogP contribution is -2.38. The van der Waals surface area contributed by atoms with Gasteiger partial charge in [-0.25, -0.2) is 0 Å². The van der Waals surface area contributed by atoms with Gasteiger partial charge in [-0.05, 0) is 44.5 Å². The van der Waals surface area contributed by atoms with Crippen molar-refractivity contribution >= 4 is 11.9 Å². The maximum absolute atomic E-state index is 11.9. The zero-order valence-electron chi connectivity index (χ0n) is 12.8. The van der Waals surface area contributed by atoms with Crippen LogP contribution in [0.4, 0.5) is 0 Å². The SMILES string of the molecule is CCCCOc1ccc(C(=O)NCC(C)(C)C(=O)O)cc1. The molecule has 116 valence electrons. The number of nitrogens with one attached hydrogen (secondary N) is 1. The molecule has 2 N–H and O–H groups in total. The minimum Gasteiger partial charge on any atom is -0.494 e. The van der Waals surface area contributed by atoms with Crippen LogP contribution in [0.5, 0.6) is 5.75 Å². The summed E-state index contributed by atoms with van der Waals surface area (Å²) in [6.07, 6.45) is 2.06. The molecule has 0 bridgehead atoms. The molecule has 0 unspecified atom stereocenters. The van der Waals surface area contributed by atoms with Gasteiger partial charge in [0, 0.05) is 12.1 Å². The first-order chi connectivity index (χ1) is 9.86. The average molecular weight is 293 g/mol. The third-order valence-electron chi connectivity index (χ3n) is 3.15. The monoisotopic (exact) mass is 293 g/mol. The standard InChI is InChI=1S/C16H23NO4/c1-4-5-10-21-13-8-6-12(7-9-13)14(18)17-11-16(2,3)15(19)20/h6-9H,4-5,10-11H2,1-3H3,(H,17,18)(H,19,20). The second-order valence-electron chi connectivity index (χ2n) is 5.60. The smallest absolute Gasteiger partial charge is 0.310 e. The summed E-state index contributed by atoms with van der Waals surface area (Å²) in [5.41, 5.74) is -0.502. The highest BCUT2D eigenvalue weighted by Crippen LogP contribution is 2.15. The summed E-state index contributed by atoms with van der Waals surface area (Å²) >= 11 is 0. The fourth-order valence-corrected chi connectivity index (χ4v) is 1.52. The summed E-state index contributed by atoms with van der Waals surface area (Å²) in [4.78, 5) is 22.9. The maximum atomic E-state index is 11.9. The summed E-state index contributed by atoms with van der Waals surface area (Å²) < 4.78 is 5.52. The summed E-state index contributed by atoms with van der Waals surface area (Å²) in [5, 5.41) is 11.6. The van der Waals surface area contributed by atoms with Crippen LogP contribution in [0.1, 0.15) is 44.0 Å². The molecule has 5 heteroatoms. The molecule has 0 aliphatic carbocycles. The quantitative estimate of drug-likeness (QED) is 0.723. The Labute approximate surface area is 125 Å². The van der Waals surface area contributed by atoms with Crippen molar-refractivity contribution in [1.29, 1.82) is 0 Å². The molecule has 0 saturated heterocycles. The second kappa shape index (κ2) is 7.67. The first kappa shape index (κ1) is 17.0. The van der Waals surface area contributed by atoms with Crippen molar-refractivity contribution in [3.8, 4) is 5.75 Å². The topological polar surface area (TPSA) is 75.6 Å². The van der Waals surface area contributed by atoms with E-state index in [1.165, 1.54) is 0 Å². The van der Waals surface area contributed by atoms with Crippen molar-refractivity contribution in [2.24, 2.45) is 5.41 Å². The van der Waals surface area contributed by atoms with E-state index in [4.69, 9.17) is 9.84 Å². The van der Waals surface area contributed by atoms with Gasteiger partial charge >= 0.3 is 5.97 Å². The van der Waals surface area contributed by atoms with Gasteiger partial charge < -0.3 is 15.2 Å². The fourth-order valence-electron chi connectivity index (χ4n) is 1.52. The molecule has 0 aliphatic heterocycles. The van der Waals surface area contributed by atoms with E-state index < -0.39 is 11.4 Å². The lowest BCUT2D eigenvalue weighted by molar-refractivity contribution is -0.146. The zero-order valence-corrected chi connectivity index (χ0v) is 12.8. The van der Waals surface area contributed by atoms with Crippen LogP contribution in [0.3, 0.4) is 0 Å². The second-order valence-corrected chi connectivity index (χ2v) is 5.60. The molecule has 1 amide bonds. The molecule has 1 aromatic rings. The van der Waals surface area contributed by atoms with Crippen LogP contribution in [0.2, 0.25) is 0 Å². The number of amides is 1. The largest absolute Gasteiger partial charge is 0.494 e. The van der Waals surface area contributed by atoms with Gasteiger partial charge in [-0.1, -0.05) is 13.3 Å². The molecule has 1 rings (SSSR count). The third-order valence-corrected chi connectivity index (χ3v) is 3.15.